The molecule has 0 fully saturated rings. The van der Waals surface area contributed by atoms with Crippen LogP contribution in [0.2, 0.25) is 0 Å². The van der Waals surface area contributed by atoms with Gasteiger partial charge in [0.25, 0.3) is 11.4 Å². The lowest BCUT2D eigenvalue weighted by atomic mass is 9.91. The number of rotatable bonds is 6. The molecule has 0 aromatic rings. The lowest BCUT2D eigenvalue weighted by Crippen LogP contribution is -2.46. The molecule has 152 valence electrons. The van der Waals surface area contributed by atoms with Crippen molar-refractivity contribution in [3.8, 4) is 0 Å². The second kappa shape index (κ2) is 8.88. The van der Waals surface area contributed by atoms with Crippen LogP contribution in [0, 0.1) is 20.2 Å². The summed E-state index contributed by atoms with van der Waals surface area (Å²) in [7, 11) is 0. The average Bonchev–Trinajstić information content (AvgIpc) is 2.62. The minimum Gasteiger partial charge on any atom is -0.422 e. The molecule has 0 heterocycles. The number of ether oxygens (including phenoxy) is 2. The number of carbonyl (C=O) groups excluding carboxylic acids is 1. The predicted octanol–water partition coefficient (Wildman–Crippen LogP) is 4.51. The summed E-state index contributed by atoms with van der Waals surface area (Å²) in [5, 5.41) is 21.8. The standard InChI is InChI=1S/C17H18I2N2O7/c1-11(18)16(7-3-13(4-8-16)20(23)24)27-15(22)28-17(12(2)19)9-5-14(6-10-17)21(25)26/h3-7,9,11-12H,8,10H2,1-2H3. The summed E-state index contributed by atoms with van der Waals surface area (Å²) >= 11 is 4.17. The Morgan fingerprint density at radius 2 is 1.32 bits per heavy atom. The highest BCUT2D eigenvalue weighted by Crippen LogP contribution is 2.37. The topological polar surface area (TPSA) is 122 Å². The molecular formula is C17H18I2N2O7. The van der Waals surface area contributed by atoms with E-state index in [1.54, 1.807) is 0 Å². The average molecular weight is 616 g/mol. The molecule has 28 heavy (non-hydrogen) atoms. The van der Waals surface area contributed by atoms with Crippen molar-refractivity contribution in [2.75, 3.05) is 0 Å². The zero-order valence-electron chi connectivity index (χ0n) is 15.0. The summed E-state index contributed by atoms with van der Waals surface area (Å²) in [6.07, 6.45) is 7.82. The highest BCUT2D eigenvalue weighted by atomic mass is 127. The highest BCUT2D eigenvalue weighted by molar-refractivity contribution is 14.1. The molecular weight excluding hydrogens is 598 g/mol. The zero-order chi connectivity index (χ0) is 21.1. The third-order valence-corrected chi connectivity index (χ3v) is 6.76. The van der Waals surface area contributed by atoms with Gasteiger partial charge in [0.05, 0.1) is 17.7 Å². The molecule has 2 rings (SSSR count). The molecule has 0 radical (unpaired) electrons. The Bertz CT molecular complexity index is 739. The zero-order valence-corrected chi connectivity index (χ0v) is 19.4. The lowest BCUT2D eigenvalue weighted by Gasteiger charge is -2.37. The maximum atomic E-state index is 12.6. The van der Waals surface area contributed by atoms with E-state index in [2.05, 4.69) is 45.2 Å². The molecule has 4 unspecified atom stereocenters. The van der Waals surface area contributed by atoms with Crippen molar-refractivity contribution in [2.45, 2.75) is 45.7 Å². The van der Waals surface area contributed by atoms with Crippen molar-refractivity contribution < 1.29 is 24.1 Å². The van der Waals surface area contributed by atoms with Gasteiger partial charge in [0.1, 0.15) is 11.2 Å². The van der Waals surface area contributed by atoms with Crippen LogP contribution in [0.25, 0.3) is 0 Å². The van der Waals surface area contributed by atoms with Gasteiger partial charge in [-0.05, 0) is 38.2 Å². The highest BCUT2D eigenvalue weighted by Gasteiger charge is 2.44. The molecule has 0 N–H and O–H groups in total. The first-order valence-corrected chi connectivity index (χ1v) is 10.8. The Kier molecular flexibility index (Phi) is 7.22. The Morgan fingerprint density at radius 1 is 0.964 bits per heavy atom. The van der Waals surface area contributed by atoms with Crippen LogP contribution in [0.3, 0.4) is 0 Å². The van der Waals surface area contributed by atoms with Gasteiger partial charge in [-0.2, -0.15) is 0 Å². The van der Waals surface area contributed by atoms with Crippen LogP contribution in [-0.2, 0) is 9.47 Å². The number of carbonyl (C=O) groups is 1. The van der Waals surface area contributed by atoms with Gasteiger partial charge >= 0.3 is 6.16 Å². The molecule has 9 nitrogen and oxygen atoms in total. The number of hydrogen-bond donors (Lipinski definition) is 0. The fourth-order valence-electron chi connectivity index (χ4n) is 2.76. The van der Waals surface area contributed by atoms with Crippen LogP contribution in [0.5, 0.6) is 0 Å². The molecule has 0 bridgehead atoms. The van der Waals surface area contributed by atoms with Crippen molar-refractivity contribution in [1.29, 1.82) is 0 Å². The van der Waals surface area contributed by atoms with E-state index in [0.29, 0.717) is 0 Å². The summed E-state index contributed by atoms with van der Waals surface area (Å²) in [5.41, 5.74) is -2.27. The van der Waals surface area contributed by atoms with E-state index >= 15 is 0 Å². The van der Waals surface area contributed by atoms with Gasteiger partial charge in [-0.15, -0.1) is 0 Å². The van der Waals surface area contributed by atoms with Gasteiger partial charge in [0.2, 0.25) is 0 Å². The second-order valence-electron chi connectivity index (χ2n) is 6.44. The van der Waals surface area contributed by atoms with Gasteiger partial charge in [-0.3, -0.25) is 20.2 Å². The summed E-state index contributed by atoms with van der Waals surface area (Å²) in [4.78, 5) is 33.4. The first-order chi connectivity index (χ1) is 13.0. The molecule has 0 amide bonds. The molecule has 0 saturated heterocycles. The molecule has 0 aromatic carbocycles. The van der Waals surface area contributed by atoms with Crippen LogP contribution in [0.1, 0.15) is 26.7 Å². The Balaban J connectivity index is 2.17. The van der Waals surface area contributed by atoms with Crippen molar-refractivity contribution in [2.24, 2.45) is 0 Å². The van der Waals surface area contributed by atoms with E-state index in [4.69, 9.17) is 9.47 Å². The van der Waals surface area contributed by atoms with E-state index in [9.17, 15) is 25.0 Å². The van der Waals surface area contributed by atoms with Crippen LogP contribution >= 0.6 is 45.2 Å². The third kappa shape index (κ3) is 4.90. The second-order valence-corrected chi connectivity index (χ2v) is 10.2. The number of halogens is 2. The minimum absolute atomic E-state index is 0.0605. The van der Waals surface area contributed by atoms with E-state index in [-0.39, 0.29) is 32.1 Å². The van der Waals surface area contributed by atoms with E-state index < -0.39 is 27.2 Å². The van der Waals surface area contributed by atoms with Gasteiger partial charge in [-0.1, -0.05) is 45.2 Å². The van der Waals surface area contributed by atoms with E-state index in [1.165, 1.54) is 36.5 Å². The minimum atomic E-state index is -1.08. The maximum Gasteiger partial charge on any atom is 0.510 e. The van der Waals surface area contributed by atoms with Gasteiger partial charge in [0, 0.05) is 25.0 Å². The third-order valence-electron chi connectivity index (χ3n) is 4.65. The normalized spacial score (nSPS) is 28.6. The molecule has 0 saturated carbocycles. The molecule has 0 aliphatic heterocycles. The summed E-state index contributed by atoms with van der Waals surface area (Å²) in [5.74, 6) is 0. The SMILES string of the molecule is CC(I)C1(OC(=O)OC2(C(C)I)C=CC([N+](=O)[O-])=CC2)C=CC([N+](=O)[O-])=CC1. The summed E-state index contributed by atoms with van der Waals surface area (Å²) in [6, 6.07) is 0. The van der Waals surface area contributed by atoms with Crippen molar-refractivity contribution in [3.05, 3.63) is 68.1 Å². The fourth-order valence-corrected chi connectivity index (χ4v) is 3.94. The molecule has 11 heteroatoms. The molecule has 0 aromatic heterocycles. The predicted molar refractivity (Wildman–Crippen MR) is 118 cm³/mol. The van der Waals surface area contributed by atoms with Crippen LogP contribution in [-0.4, -0.2) is 35.1 Å². The van der Waals surface area contributed by atoms with Crippen molar-refractivity contribution >= 4 is 51.3 Å². The Morgan fingerprint density at radius 3 is 1.54 bits per heavy atom. The first kappa shape index (κ1) is 22.8. The molecule has 0 spiro atoms. The van der Waals surface area contributed by atoms with E-state index in [0.717, 1.165) is 0 Å². The van der Waals surface area contributed by atoms with Gasteiger partial charge in [0.15, 0.2) is 0 Å². The number of nitro groups is 2. The van der Waals surface area contributed by atoms with Crippen molar-refractivity contribution in [3.63, 3.8) is 0 Å². The smallest absolute Gasteiger partial charge is 0.422 e. The molecule has 2 aliphatic rings. The number of hydrogen-bond acceptors (Lipinski definition) is 7. The van der Waals surface area contributed by atoms with E-state index in [1.807, 2.05) is 13.8 Å². The first-order valence-electron chi connectivity index (χ1n) is 8.29. The van der Waals surface area contributed by atoms with Gasteiger partial charge in [-0.25, -0.2) is 4.79 Å². The number of nitrogens with zero attached hydrogens (tertiary/aromatic N) is 2. The molecule has 2 aliphatic carbocycles. The van der Waals surface area contributed by atoms with Crippen molar-refractivity contribution in [1.82, 2.24) is 0 Å². The fraction of sp³-hybridized carbons (Fsp3) is 0.471. The number of allylic oxidation sites excluding steroid dienone is 2. The number of alkyl halides is 2. The van der Waals surface area contributed by atoms with Crippen LogP contribution in [0.15, 0.2) is 47.9 Å². The Labute approximate surface area is 188 Å². The summed E-state index contributed by atoms with van der Waals surface area (Å²) in [6.45, 7) is 3.65. The largest absolute Gasteiger partial charge is 0.510 e. The lowest BCUT2D eigenvalue weighted by molar-refractivity contribution is -0.419. The van der Waals surface area contributed by atoms with Gasteiger partial charge < -0.3 is 9.47 Å². The summed E-state index contributed by atoms with van der Waals surface area (Å²) < 4.78 is 10.8. The quantitative estimate of drug-likeness (QED) is 0.142. The Hall–Kier alpha value is -1.51. The maximum absolute atomic E-state index is 12.6. The van der Waals surface area contributed by atoms with Crippen LogP contribution in [0.4, 0.5) is 4.79 Å². The monoisotopic (exact) mass is 616 g/mol. The molecule has 4 atom stereocenters. The van der Waals surface area contributed by atoms with Crippen LogP contribution < -0.4 is 0 Å².